The lowest BCUT2D eigenvalue weighted by Crippen LogP contribution is -2.19. The van der Waals surface area contributed by atoms with Gasteiger partial charge in [-0.15, -0.1) is 11.8 Å². The fraction of sp³-hybridized carbons (Fsp3) is 0.107. The Balaban J connectivity index is 1.33. The van der Waals surface area contributed by atoms with Gasteiger partial charge < -0.3 is 9.47 Å². The van der Waals surface area contributed by atoms with Crippen molar-refractivity contribution in [2.45, 2.75) is 11.5 Å². The minimum atomic E-state index is -0.192. The number of fused-ring (bicyclic) bond motifs is 1. The van der Waals surface area contributed by atoms with Crippen LogP contribution in [-0.4, -0.2) is 25.0 Å². The number of benzene rings is 4. The number of methoxy groups -OCH3 is 1. The minimum absolute atomic E-state index is 0.192. The second-order valence-corrected chi connectivity index (χ2v) is 8.54. The molecule has 0 heterocycles. The van der Waals surface area contributed by atoms with Crippen LogP contribution in [0.3, 0.4) is 0 Å². The van der Waals surface area contributed by atoms with Crippen molar-refractivity contribution in [3.63, 3.8) is 0 Å². The highest BCUT2D eigenvalue weighted by Gasteiger charge is 2.08. The number of rotatable bonds is 9. The van der Waals surface area contributed by atoms with Crippen molar-refractivity contribution in [2.24, 2.45) is 5.10 Å². The third-order valence-corrected chi connectivity index (χ3v) is 6.29. The van der Waals surface area contributed by atoms with Gasteiger partial charge in [0.15, 0.2) is 11.5 Å². The molecule has 0 aliphatic carbocycles. The third kappa shape index (κ3) is 6.19. The summed E-state index contributed by atoms with van der Waals surface area (Å²) in [4.78, 5) is 13.3. The van der Waals surface area contributed by atoms with E-state index in [9.17, 15) is 10.1 Å². The van der Waals surface area contributed by atoms with Crippen LogP contribution in [0, 0.1) is 11.3 Å². The molecule has 0 aromatic heterocycles. The zero-order chi connectivity index (χ0) is 24.5. The Morgan fingerprint density at radius 2 is 1.83 bits per heavy atom. The molecule has 0 saturated carbocycles. The van der Waals surface area contributed by atoms with Crippen LogP contribution in [0.1, 0.15) is 16.7 Å². The Kier molecular flexibility index (Phi) is 8.00. The zero-order valence-electron chi connectivity index (χ0n) is 19.1. The van der Waals surface area contributed by atoms with Gasteiger partial charge in [-0.25, -0.2) is 5.43 Å². The Bertz CT molecular complexity index is 1410. The molecule has 0 spiro atoms. The number of hydrogen-bond donors (Lipinski definition) is 1. The summed E-state index contributed by atoms with van der Waals surface area (Å²) in [7, 11) is 1.55. The molecule has 0 unspecified atom stereocenters. The minimum Gasteiger partial charge on any atom is -0.493 e. The number of ether oxygens (including phenoxy) is 2. The Morgan fingerprint density at radius 1 is 1.03 bits per heavy atom. The largest absolute Gasteiger partial charge is 0.493 e. The monoisotopic (exact) mass is 481 g/mol. The summed E-state index contributed by atoms with van der Waals surface area (Å²) in [6, 6.07) is 29.0. The number of nitrogens with zero attached hydrogens (tertiary/aromatic N) is 2. The van der Waals surface area contributed by atoms with Crippen molar-refractivity contribution >= 4 is 34.7 Å². The average molecular weight is 482 g/mol. The highest BCUT2D eigenvalue weighted by atomic mass is 32.2. The fourth-order valence-corrected chi connectivity index (χ4v) is 4.34. The van der Waals surface area contributed by atoms with Crippen molar-refractivity contribution in [1.82, 2.24) is 5.43 Å². The van der Waals surface area contributed by atoms with Gasteiger partial charge in [0.2, 0.25) is 5.91 Å². The van der Waals surface area contributed by atoms with Gasteiger partial charge in [-0.1, -0.05) is 54.6 Å². The summed E-state index contributed by atoms with van der Waals surface area (Å²) in [5.41, 5.74) is 4.68. The first-order valence-electron chi connectivity index (χ1n) is 10.9. The van der Waals surface area contributed by atoms with E-state index in [1.54, 1.807) is 31.5 Å². The standard InChI is InChI=1S/C28H23N3O3S/c1-33-26-15-20(13-14-25(26)34-18-23-9-3-2-8-22(23)16-29)17-30-31-28(32)19-35-27-12-6-10-21-7-4-5-11-24(21)27/h2-15,17H,18-19H2,1H3,(H,31,32)/b30-17-. The summed E-state index contributed by atoms with van der Waals surface area (Å²) >= 11 is 1.48. The molecule has 0 aliphatic rings. The summed E-state index contributed by atoms with van der Waals surface area (Å²) in [5.74, 6) is 1.14. The number of amides is 1. The van der Waals surface area contributed by atoms with Gasteiger partial charge >= 0.3 is 0 Å². The van der Waals surface area contributed by atoms with E-state index in [-0.39, 0.29) is 18.3 Å². The van der Waals surface area contributed by atoms with E-state index in [1.165, 1.54) is 11.8 Å². The number of carbonyl (C=O) groups excluding carboxylic acids is 1. The maximum absolute atomic E-state index is 12.3. The van der Waals surface area contributed by atoms with Crippen LogP contribution in [0.5, 0.6) is 11.5 Å². The molecule has 4 aromatic carbocycles. The van der Waals surface area contributed by atoms with Gasteiger partial charge in [-0.05, 0) is 46.7 Å². The first-order valence-corrected chi connectivity index (χ1v) is 11.9. The van der Waals surface area contributed by atoms with Crippen molar-refractivity contribution in [2.75, 3.05) is 12.9 Å². The maximum atomic E-state index is 12.3. The van der Waals surface area contributed by atoms with Crippen LogP contribution in [-0.2, 0) is 11.4 Å². The average Bonchev–Trinajstić information content (AvgIpc) is 2.91. The molecule has 4 rings (SSSR count). The summed E-state index contributed by atoms with van der Waals surface area (Å²) in [6.45, 7) is 0.248. The number of hydrogen-bond acceptors (Lipinski definition) is 6. The van der Waals surface area contributed by atoms with Crippen LogP contribution < -0.4 is 14.9 Å². The first-order chi connectivity index (χ1) is 17.2. The molecule has 174 valence electrons. The highest BCUT2D eigenvalue weighted by molar-refractivity contribution is 8.00. The number of nitriles is 1. The van der Waals surface area contributed by atoms with Gasteiger partial charge in [-0.3, -0.25) is 4.79 Å². The smallest absolute Gasteiger partial charge is 0.250 e. The molecule has 6 nitrogen and oxygen atoms in total. The second kappa shape index (κ2) is 11.7. The van der Waals surface area contributed by atoms with Gasteiger partial charge in [0.25, 0.3) is 0 Å². The summed E-state index contributed by atoms with van der Waals surface area (Å²) in [5, 5.41) is 15.6. The molecule has 4 aromatic rings. The van der Waals surface area contributed by atoms with Crippen LogP contribution in [0.25, 0.3) is 10.8 Å². The number of nitrogens with one attached hydrogen (secondary N) is 1. The molecule has 0 saturated heterocycles. The molecule has 1 amide bonds. The maximum Gasteiger partial charge on any atom is 0.250 e. The number of thioether (sulfide) groups is 1. The number of hydrazone groups is 1. The Hall–Kier alpha value is -4.28. The topological polar surface area (TPSA) is 83.7 Å². The van der Waals surface area contributed by atoms with E-state index in [0.717, 1.165) is 26.8 Å². The molecule has 0 fully saturated rings. The van der Waals surface area contributed by atoms with E-state index in [2.05, 4.69) is 34.8 Å². The lowest BCUT2D eigenvalue weighted by atomic mass is 10.1. The fourth-order valence-electron chi connectivity index (χ4n) is 3.47. The van der Waals surface area contributed by atoms with Gasteiger partial charge in [0.05, 0.1) is 30.7 Å². The van der Waals surface area contributed by atoms with E-state index < -0.39 is 0 Å². The second-order valence-electron chi connectivity index (χ2n) is 7.53. The molecular weight excluding hydrogens is 458 g/mol. The summed E-state index contributed by atoms with van der Waals surface area (Å²) < 4.78 is 11.3. The van der Waals surface area contributed by atoms with Crippen molar-refractivity contribution in [3.05, 3.63) is 102 Å². The SMILES string of the molecule is COc1cc(/C=N\NC(=O)CSc2cccc3ccccc23)ccc1OCc1ccccc1C#N. The zero-order valence-corrected chi connectivity index (χ0v) is 19.9. The van der Waals surface area contributed by atoms with Gasteiger partial charge in [0, 0.05) is 10.5 Å². The lowest BCUT2D eigenvalue weighted by Gasteiger charge is -2.12. The van der Waals surface area contributed by atoms with Crippen LogP contribution in [0.4, 0.5) is 0 Å². The highest BCUT2D eigenvalue weighted by Crippen LogP contribution is 2.29. The van der Waals surface area contributed by atoms with Crippen molar-refractivity contribution in [3.8, 4) is 17.6 Å². The molecule has 0 aliphatic heterocycles. The van der Waals surface area contributed by atoms with Gasteiger partial charge in [0.1, 0.15) is 6.61 Å². The molecule has 0 bridgehead atoms. The van der Waals surface area contributed by atoms with Crippen LogP contribution in [0.2, 0.25) is 0 Å². The van der Waals surface area contributed by atoms with E-state index >= 15 is 0 Å². The summed E-state index contributed by atoms with van der Waals surface area (Å²) in [6.07, 6.45) is 1.55. The van der Waals surface area contributed by atoms with Crippen molar-refractivity contribution < 1.29 is 14.3 Å². The van der Waals surface area contributed by atoms with Crippen LogP contribution >= 0.6 is 11.8 Å². The molecule has 1 N–H and O–H groups in total. The quantitative estimate of drug-likeness (QED) is 0.193. The molecule has 0 atom stereocenters. The first kappa shape index (κ1) is 23.9. The third-order valence-electron chi connectivity index (χ3n) is 5.22. The molecule has 35 heavy (non-hydrogen) atoms. The van der Waals surface area contributed by atoms with Crippen molar-refractivity contribution in [1.29, 1.82) is 5.26 Å². The molecule has 0 radical (unpaired) electrons. The molecule has 7 heteroatoms. The Morgan fingerprint density at radius 3 is 2.69 bits per heavy atom. The normalized spacial score (nSPS) is 10.7. The Labute approximate surface area is 208 Å². The van der Waals surface area contributed by atoms with Crippen LogP contribution in [0.15, 0.2) is 94.9 Å². The number of carbonyl (C=O) groups is 1. The van der Waals surface area contributed by atoms with E-state index in [1.807, 2.05) is 48.5 Å². The molecular formula is C28H23N3O3S. The predicted octanol–water partition coefficient (Wildman–Crippen LogP) is 5.54. The lowest BCUT2D eigenvalue weighted by molar-refractivity contribution is -0.118. The van der Waals surface area contributed by atoms with E-state index in [0.29, 0.717) is 17.1 Å². The predicted molar refractivity (Wildman–Crippen MR) is 139 cm³/mol. The van der Waals surface area contributed by atoms with E-state index in [4.69, 9.17) is 9.47 Å². The van der Waals surface area contributed by atoms with Gasteiger partial charge in [-0.2, -0.15) is 10.4 Å².